The molecular formula is C27H33N5O. The van der Waals surface area contributed by atoms with E-state index in [4.69, 9.17) is 0 Å². The molecule has 1 aliphatic heterocycles. The smallest absolute Gasteiger partial charge is 0.227 e. The number of nitrogens with zero attached hydrogens (tertiary/aromatic N) is 2. The quantitative estimate of drug-likeness (QED) is 0.519. The van der Waals surface area contributed by atoms with E-state index in [0.717, 1.165) is 63.1 Å². The van der Waals surface area contributed by atoms with Crippen molar-refractivity contribution in [2.45, 2.75) is 57.7 Å². The molecule has 3 N–H and O–H groups in total. The summed E-state index contributed by atoms with van der Waals surface area (Å²) in [5.41, 5.74) is 5.65. The van der Waals surface area contributed by atoms with Crippen LogP contribution in [0.1, 0.15) is 48.9 Å². The molecule has 6 heteroatoms. The molecule has 5 rings (SSSR count). The normalized spacial score (nSPS) is 19.0. The second-order valence-corrected chi connectivity index (χ2v) is 9.38. The first-order valence-corrected chi connectivity index (χ1v) is 12.2. The van der Waals surface area contributed by atoms with Gasteiger partial charge < -0.3 is 20.5 Å². The molecule has 0 spiro atoms. The third-order valence-corrected chi connectivity index (χ3v) is 6.92. The second-order valence-electron chi connectivity index (χ2n) is 9.38. The van der Waals surface area contributed by atoms with E-state index in [-0.39, 0.29) is 11.8 Å². The zero-order chi connectivity index (χ0) is 22.5. The van der Waals surface area contributed by atoms with Crippen LogP contribution in [0.5, 0.6) is 0 Å². The summed E-state index contributed by atoms with van der Waals surface area (Å²) in [6.45, 7) is 2.40. The van der Waals surface area contributed by atoms with Crippen LogP contribution in [0.25, 0.3) is 0 Å². The molecule has 33 heavy (non-hydrogen) atoms. The van der Waals surface area contributed by atoms with E-state index in [2.05, 4.69) is 68.0 Å². The minimum atomic E-state index is 0.148. The molecule has 1 unspecified atom stereocenters. The number of hydrogen-bond donors (Lipinski definition) is 3. The molecule has 2 aliphatic rings. The van der Waals surface area contributed by atoms with Crippen LogP contribution < -0.4 is 15.5 Å². The average Bonchev–Trinajstić information content (AvgIpc) is 3.31. The molecule has 172 valence electrons. The zero-order valence-corrected chi connectivity index (χ0v) is 19.1. The Labute approximate surface area is 195 Å². The molecule has 1 fully saturated rings. The standard InChI is InChI=1S/C27H33N5O/c33-27(21-9-5-2-6-10-21)31-23-12-11-22-15-29-24(13-20-7-3-1-4-8-20)17-32(26(22)14-23)18-25-16-28-19-30-25/h1,3-4,7-8,11-12,14,16,19,21,24,29H,2,5-6,9-10,13,15,17-18H2,(H,28,30)(H,31,33). The number of benzene rings is 2. The Kier molecular flexibility index (Phi) is 6.72. The van der Waals surface area contributed by atoms with E-state index in [1.54, 1.807) is 6.33 Å². The van der Waals surface area contributed by atoms with Crippen LogP contribution in [0.15, 0.2) is 61.1 Å². The minimum Gasteiger partial charge on any atom is -0.364 e. The van der Waals surface area contributed by atoms with Crippen LogP contribution in [0, 0.1) is 5.92 Å². The third kappa shape index (κ3) is 5.45. The number of carbonyl (C=O) groups is 1. The van der Waals surface area contributed by atoms with Gasteiger partial charge in [0.1, 0.15) is 0 Å². The van der Waals surface area contributed by atoms with Gasteiger partial charge in [0.25, 0.3) is 0 Å². The number of amides is 1. The van der Waals surface area contributed by atoms with Crippen molar-refractivity contribution < 1.29 is 4.79 Å². The van der Waals surface area contributed by atoms with Crippen molar-refractivity contribution in [2.75, 3.05) is 16.8 Å². The van der Waals surface area contributed by atoms with Crippen LogP contribution in [-0.4, -0.2) is 28.5 Å². The van der Waals surface area contributed by atoms with Crippen molar-refractivity contribution in [3.63, 3.8) is 0 Å². The van der Waals surface area contributed by atoms with Crippen molar-refractivity contribution in [2.24, 2.45) is 5.92 Å². The first kappa shape index (κ1) is 21.7. The summed E-state index contributed by atoms with van der Waals surface area (Å²) in [5, 5.41) is 6.96. The largest absolute Gasteiger partial charge is 0.364 e. The van der Waals surface area contributed by atoms with E-state index in [0.29, 0.717) is 6.04 Å². The molecule has 1 saturated carbocycles. The van der Waals surface area contributed by atoms with E-state index >= 15 is 0 Å². The molecule has 1 atom stereocenters. The van der Waals surface area contributed by atoms with Gasteiger partial charge in [0.05, 0.1) is 18.6 Å². The van der Waals surface area contributed by atoms with Crippen LogP contribution >= 0.6 is 0 Å². The van der Waals surface area contributed by atoms with Gasteiger partial charge in [-0.3, -0.25) is 4.79 Å². The summed E-state index contributed by atoms with van der Waals surface area (Å²) < 4.78 is 0. The number of fused-ring (bicyclic) bond motifs is 1. The number of anilines is 2. The van der Waals surface area contributed by atoms with Crippen molar-refractivity contribution in [3.8, 4) is 0 Å². The van der Waals surface area contributed by atoms with Gasteiger partial charge in [0.15, 0.2) is 0 Å². The van der Waals surface area contributed by atoms with E-state index in [1.807, 2.05) is 12.3 Å². The molecule has 0 saturated heterocycles. The number of aromatic amines is 1. The lowest BCUT2D eigenvalue weighted by Gasteiger charge is -2.28. The Bertz CT molecular complexity index is 1040. The summed E-state index contributed by atoms with van der Waals surface area (Å²) in [7, 11) is 0. The highest BCUT2D eigenvalue weighted by molar-refractivity contribution is 5.93. The van der Waals surface area contributed by atoms with Gasteiger partial charge in [0, 0.05) is 42.6 Å². The SMILES string of the molecule is O=C(Nc1ccc2c(c1)N(Cc1c[nH]cn1)CC(Cc1ccccc1)NC2)C1CCCCC1. The average molecular weight is 444 g/mol. The Morgan fingerprint density at radius 3 is 2.73 bits per heavy atom. The molecule has 2 aromatic carbocycles. The summed E-state index contributed by atoms with van der Waals surface area (Å²) in [5.74, 6) is 0.317. The highest BCUT2D eigenvalue weighted by atomic mass is 16.1. The number of hydrogen-bond acceptors (Lipinski definition) is 4. The lowest BCUT2D eigenvalue weighted by molar-refractivity contribution is -0.120. The fourth-order valence-corrected chi connectivity index (χ4v) is 5.14. The zero-order valence-electron chi connectivity index (χ0n) is 19.1. The lowest BCUT2D eigenvalue weighted by atomic mass is 9.88. The van der Waals surface area contributed by atoms with E-state index < -0.39 is 0 Å². The van der Waals surface area contributed by atoms with Gasteiger partial charge in [-0.25, -0.2) is 4.98 Å². The first-order valence-electron chi connectivity index (χ1n) is 12.2. The predicted molar refractivity (Wildman–Crippen MR) is 132 cm³/mol. The number of H-pyrrole nitrogens is 1. The molecule has 1 aliphatic carbocycles. The molecular weight excluding hydrogens is 410 g/mol. The monoisotopic (exact) mass is 443 g/mol. The molecule has 6 nitrogen and oxygen atoms in total. The van der Waals surface area contributed by atoms with Crippen LogP contribution in [0.3, 0.4) is 0 Å². The van der Waals surface area contributed by atoms with Crippen molar-refractivity contribution in [1.82, 2.24) is 15.3 Å². The van der Waals surface area contributed by atoms with Gasteiger partial charge >= 0.3 is 0 Å². The predicted octanol–water partition coefficient (Wildman–Crippen LogP) is 4.65. The Morgan fingerprint density at radius 2 is 1.94 bits per heavy atom. The van der Waals surface area contributed by atoms with Crippen LogP contribution in [-0.2, 0) is 24.3 Å². The number of carbonyl (C=O) groups excluding carboxylic acids is 1. The highest BCUT2D eigenvalue weighted by Crippen LogP contribution is 2.30. The molecule has 0 radical (unpaired) electrons. The van der Waals surface area contributed by atoms with Crippen LogP contribution in [0.4, 0.5) is 11.4 Å². The summed E-state index contributed by atoms with van der Waals surface area (Å²) in [6, 6.07) is 17.3. The first-order chi connectivity index (χ1) is 16.2. The number of imidazole rings is 1. The third-order valence-electron chi connectivity index (χ3n) is 6.92. The van der Waals surface area contributed by atoms with Gasteiger partial charge in [-0.1, -0.05) is 55.7 Å². The lowest BCUT2D eigenvalue weighted by Crippen LogP contribution is -2.39. The maximum Gasteiger partial charge on any atom is 0.227 e. The minimum absolute atomic E-state index is 0.148. The van der Waals surface area contributed by atoms with Gasteiger partial charge in [0.2, 0.25) is 5.91 Å². The fourth-order valence-electron chi connectivity index (χ4n) is 5.14. The Hall–Kier alpha value is -3.12. The number of aromatic nitrogens is 2. The van der Waals surface area contributed by atoms with Crippen molar-refractivity contribution in [3.05, 3.63) is 77.9 Å². The van der Waals surface area contributed by atoms with Crippen LogP contribution in [0.2, 0.25) is 0 Å². The molecule has 2 heterocycles. The van der Waals surface area contributed by atoms with E-state index in [9.17, 15) is 4.79 Å². The second kappa shape index (κ2) is 10.2. The number of rotatable bonds is 6. The fraction of sp³-hybridized carbons (Fsp3) is 0.407. The maximum atomic E-state index is 12.8. The van der Waals surface area contributed by atoms with Gasteiger partial charge in [-0.15, -0.1) is 0 Å². The molecule has 3 aromatic rings. The summed E-state index contributed by atoms with van der Waals surface area (Å²) in [6.07, 6.45) is 10.2. The topological polar surface area (TPSA) is 73.0 Å². The number of nitrogens with one attached hydrogen (secondary N) is 3. The Balaban J connectivity index is 1.37. The molecule has 1 aromatic heterocycles. The van der Waals surface area contributed by atoms with E-state index in [1.165, 1.54) is 23.2 Å². The maximum absolute atomic E-state index is 12.8. The van der Waals surface area contributed by atoms with Crippen molar-refractivity contribution in [1.29, 1.82) is 0 Å². The molecule has 1 amide bonds. The Morgan fingerprint density at radius 1 is 1.09 bits per heavy atom. The van der Waals surface area contributed by atoms with Gasteiger partial charge in [-0.2, -0.15) is 0 Å². The van der Waals surface area contributed by atoms with Crippen molar-refractivity contribution >= 4 is 17.3 Å². The summed E-state index contributed by atoms with van der Waals surface area (Å²) >= 11 is 0. The highest BCUT2D eigenvalue weighted by Gasteiger charge is 2.25. The molecule has 0 bridgehead atoms. The summed E-state index contributed by atoms with van der Waals surface area (Å²) in [4.78, 5) is 22.8. The van der Waals surface area contributed by atoms with Gasteiger partial charge in [-0.05, 0) is 42.5 Å².